The zero-order valence-electron chi connectivity index (χ0n) is 13.4. The molecule has 0 fully saturated rings. The van der Waals surface area contributed by atoms with Crippen molar-refractivity contribution in [2.75, 3.05) is 39.6 Å². The first-order chi connectivity index (χ1) is 9.85. The van der Waals surface area contributed by atoms with E-state index in [1.54, 1.807) is 0 Å². The van der Waals surface area contributed by atoms with Gasteiger partial charge in [0.05, 0.1) is 45.7 Å². The molecule has 0 radical (unpaired) electrons. The van der Waals surface area contributed by atoms with Crippen LogP contribution in [0.4, 0.5) is 0 Å². The van der Waals surface area contributed by atoms with Crippen LogP contribution in [0.2, 0.25) is 0 Å². The van der Waals surface area contributed by atoms with Crippen LogP contribution >= 0.6 is 0 Å². The van der Waals surface area contributed by atoms with E-state index in [9.17, 15) is 0 Å². The van der Waals surface area contributed by atoms with Gasteiger partial charge in [0.25, 0.3) is 0 Å². The van der Waals surface area contributed by atoms with Crippen molar-refractivity contribution in [1.82, 2.24) is 0 Å². The molecule has 0 bridgehead atoms. The maximum absolute atomic E-state index is 8.54. The van der Waals surface area contributed by atoms with E-state index < -0.39 is 0 Å². The lowest BCUT2D eigenvalue weighted by Crippen LogP contribution is -2.17. The van der Waals surface area contributed by atoms with Gasteiger partial charge in [-0.25, -0.2) is 0 Å². The molecule has 0 aromatic heterocycles. The van der Waals surface area contributed by atoms with Gasteiger partial charge in [-0.3, -0.25) is 0 Å². The van der Waals surface area contributed by atoms with Crippen LogP contribution in [-0.2, 0) is 14.2 Å². The van der Waals surface area contributed by atoms with Crippen LogP contribution < -0.4 is 0 Å². The van der Waals surface area contributed by atoms with Crippen molar-refractivity contribution in [2.24, 2.45) is 0 Å². The number of hydrogen-bond donors (Lipinski definition) is 1. The summed E-state index contributed by atoms with van der Waals surface area (Å²) in [5.41, 5.74) is 0. The second-order valence-electron chi connectivity index (χ2n) is 5.08. The van der Waals surface area contributed by atoms with Crippen molar-refractivity contribution in [3.63, 3.8) is 0 Å². The van der Waals surface area contributed by atoms with E-state index in [-0.39, 0.29) is 6.61 Å². The topological polar surface area (TPSA) is 47.9 Å². The molecule has 0 spiro atoms. The molecule has 0 aliphatic carbocycles. The fourth-order valence-electron chi connectivity index (χ4n) is 2.09. The molecule has 4 heteroatoms. The standard InChI is InChI=1S/C16H34O4/c1-3-5-6-7-9-16(8-4-2)20-15-14-19-13-12-18-11-10-17/h16-17H,3-15H2,1-2H3. The second kappa shape index (κ2) is 16.9. The van der Waals surface area contributed by atoms with Crippen LogP contribution in [0.5, 0.6) is 0 Å². The number of aliphatic hydroxyl groups is 1. The first kappa shape index (κ1) is 19.8. The van der Waals surface area contributed by atoms with Crippen molar-refractivity contribution >= 4 is 0 Å². The molecule has 1 unspecified atom stereocenters. The molecule has 0 aliphatic heterocycles. The van der Waals surface area contributed by atoms with Crippen molar-refractivity contribution in [3.8, 4) is 0 Å². The number of ether oxygens (including phenoxy) is 3. The average molecular weight is 290 g/mol. The Hall–Kier alpha value is -0.160. The predicted octanol–water partition coefficient (Wildman–Crippen LogP) is 3.17. The van der Waals surface area contributed by atoms with Crippen molar-refractivity contribution in [3.05, 3.63) is 0 Å². The molecule has 0 aliphatic rings. The zero-order chi connectivity index (χ0) is 14.9. The third kappa shape index (κ3) is 14.3. The van der Waals surface area contributed by atoms with Gasteiger partial charge in [-0.15, -0.1) is 0 Å². The van der Waals surface area contributed by atoms with Crippen molar-refractivity contribution < 1.29 is 19.3 Å². The molecule has 0 rings (SSSR count). The Morgan fingerprint density at radius 2 is 1.45 bits per heavy atom. The molecule has 0 heterocycles. The quantitative estimate of drug-likeness (QED) is 0.444. The molecule has 20 heavy (non-hydrogen) atoms. The van der Waals surface area contributed by atoms with Crippen LogP contribution in [-0.4, -0.2) is 50.9 Å². The van der Waals surface area contributed by atoms with Crippen LogP contribution in [0, 0.1) is 0 Å². The number of aliphatic hydroxyl groups excluding tert-OH is 1. The van der Waals surface area contributed by atoms with Gasteiger partial charge in [0, 0.05) is 0 Å². The summed E-state index contributed by atoms with van der Waals surface area (Å²) in [4.78, 5) is 0. The van der Waals surface area contributed by atoms with E-state index in [2.05, 4.69) is 13.8 Å². The van der Waals surface area contributed by atoms with E-state index in [1.807, 2.05) is 0 Å². The van der Waals surface area contributed by atoms with Gasteiger partial charge in [-0.05, 0) is 12.8 Å². The Morgan fingerprint density at radius 3 is 2.10 bits per heavy atom. The van der Waals surface area contributed by atoms with Crippen LogP contribution in [0.25, 0.3) is 0 Å². The highest BCUT2D eigenvalue weighted by Gasteiger charge is 2.07. The highest BCUT2D eigenvalue weighted by atomic mass is 16.5. The van der Waals surface area contributed by atoms with E-state index in [0.717, 1.165) is 6.42 Å². The molecule has 0 saturated carbocycles. The smallest absolute Gasteiger partial charge is 0.0704 e. The lowest BCUT2D eigenvalue weighted by Gasteiger charge is -2.17. The van der Waals surface area contributed by atoms with Gasteiger partial charge in [-0.1, -0.05) is 46.0 Å². The molecule has 1 atom stereocenters. The van der Waals surface area contributed by atoms with E-state index >= 15 is 0 Å². The molecular formula is C16H34O4. The Bertz CT molecular complexity index is 176. The third-order valence-electron chi connectivity index (χ3n) is 3.18. The first-order valence-corrected chi connectivity index (χ1v) is 8.23. The Kier molecular flexibility index (Phi) is 16.8. The summed E-state index contributed by atoms with van der Waals surface area (Å²) in [6.07, 6.45) is 9.09. The maximum Gasteiger partial charge on any atom is 0.0704 e. The monoisotopic (exact) mass is 290 g/mol. The van der Waals surface area contributed by atoms with Gasteiger partial charge in [0.15, 0.2) is 0 Å². The molecular weight excluding hydrogens is 256 g/mol. The van der Waals surface area contributed by atoms with Crippen LogP contribution in [0.3, 0.4) is 0 Å². The zero-order valence-corrected chi connectivity index (χ0v) is 13.4. The predicted molar refractivity (Wildman–Crippen MR) is 82.1 cm³/mol. The average Bonchev–Trinajstić information content (AvgIpc) is 2.46. The Morgan fingerprint density at radius 1 is 0.750 bits per heavy atom. The van der Waals surface area contributed by atoms with E-state index in [0.29, 0.717) is 39.1 Å². The lowest BCUT2D eigenvalue weighted by atomic mass is 10.1. The Labute approximate surface area is 124 Å². The van der Waals surface area contributed by atoms with Gasteiger partial charge >= 0.3 is 0 Å². The minimum Gasteiger partial charge on any atom is -0.394 e. The Balaban J connectivity index is 3.40. The molecule has 0 saturated heterocycles. The molecule has 0 amide bonds. The summed E-state index contributed by atoms with van der Waals surface area (Å²) < 4.78 is 16.4. The van der Waals surface area contributed by atoms with Gasteiger partial charge in [0.1, 0.15) is 0 Å². The minimum absolute atomic E-state index is 0.0693. The van der Waals surface area contributed by atoms with Crippen LogP contribution in [0.1, 0.15) is 58.8 Å². The summed E-state index contributed by atoms with van der Waals surface area (Å²) >= 11 is 0. The second-order valence-corrected chi connectivity index (χ2v) is 5.08. The van der Waals surface area contributed by atoms with Crippen molar-refractivity contribution in [2.45, 2.75) is 64.9 Å². The van der Waals surface area contributed by atoms with Crippen LogP contribution in [0.15, 0.2) is 0 Å². The lowest BCUT2D eigenvalue weighted by molar-refractivity contribution is -0.0195. The van der Waals surface area contributed by atoms with Crippen molar-refractivity contribution in [1.29, 1.82) is 0 Å². The highest BCUT2D eigenvalue weighted by molar-refractivity contribution is 4.58. The minimum atomic E-state index is 0.0693. The highest BCUT2D eigenvalue weighted by Crippen LogP contribution is 2.12. The van der Waals surface area contributed by atoms with Gasteiger partial charge < -0.3 is 19.3 Å². The van der Waals surface area contributed by atoms with E-state index in [4.69, 9.17) is 19.3 Å². The van der Waals surface area contributed by atoms with Gasteiger partial charge in [0.2, 0.25) is 0 Å². The summed E-state index contributed by atoms with van der Waals surface area (Å²) in [6, 6.07) is 0. The molecule has 4 nitrogen and oxygen atoms in total. The number of unbranched alkanes of at least 4 members (excludes halogenated alkanes) is 3. The molecule has 1 N–H and O–H groups in total. The normalized spacial score (nSPS) is 12.8. The SMILES string of the molecule is CCCCCCC(CCC)OCCOCCOCCO. The van der Waals surface area contributed by atoms with E-state index in [1.165, 1.54) is 38.5 Å². The largest absolute Gasteiger partial charge is 0.394 e. The molecule has 0 aromatic carbocycles. The number of hydrogen-bond acceptors (Lipinski definition) is 4. The summed E-state index contributed by atoms with van der Waals surface area (Å²) in [6.45, 7) is 7.29. The first-order valence-electron chi connectivity index (χ1n) is 8.23. The fraction of sp³-hybridized carbons (Fsp3) is 1.00. The molecule has 122 valence electrons. The maximum atomic E-state index is 8.54. The third-order valence-corrected chi connectivity index (χ3v) is 3.18. The number of rotatable bonds is 16. The van der Waals surface area contributed by atoms with Gasteiger partial charge in [-0.2, -0.15) is 0 Å². The summed E-state index contributed by atoms with van der Waals surface area (Å²) in [7, 11) is 0. The summed E-state index contributed by atoms with van der Waals surface area (Å²) in [5.74, 6) is 0. The molecule has 0 aromatic rings. The fourth-order valence-corrected chi connectivity index (χ4v) is 2.09. The summed E-state index contributed by atoms with van der Waals surface area (Å²) in [5, 5.41) is 8.54.